The van der Waals surface area contributed by atoms with E-state index in [4.69, 9.17) is 0 Å². The van der Waals surface area contributed by atoms with Gasteiger partial charge in [0.15, 0.2) is 0 Å². The lowest BCUT2D eigenvalue weighted by Crippen LogP contribution is -2.38. The van der Waals surface area contributed by atoms with Gasteiger partial charge >= 0.3 is 0 Å². The summed E-state index contributed by atoms with van der Waals surface area (Å²) in [5.74, 6) is 0.520. The Morgan fingerprint density at radius 1 is 1.35 bits per heavy atom. The van der Waals surface area contributed by atoms with Crippen LogP contribution in [0.4, 0.5) is 0 Å². The van der Waals surface area contributed by atoms with Crippen molar-refractivity contribution in [2.75, 3.05) is 6.61 Å². The molecular weight excluding hydrogens is 228 g/mol. The van der Waals surface area contributed by atoms with Gasteiger partial charge in [-0.25, -0.2) is 0 Å². The second kappa shape index (κ2) is 4.04. The molecule has 2 heteroatoms. The van der Waals surface area contributed by atoms with E-state index in [1.54, 1.807) is 11.8 Å². The van der Waals surface area contributed by atoms with Gasteiger partial charge in [-0.1, -0.05) is 48.2 Å². The quantitative estimate of drug-likeness (QED) is 0.819. The summed E-state index contributed by atoms with van der Waals surface area (Å²) in [4.78, 5) is 2.53. The SMILES string of the molecule is C=C1CC[C@H]2C=C(Sc3ccccc3)[C@@]12CO. The van der Waals surface area contributed by atoms with Crippen molar-refractivity contribution >= 4 is 11.8 Å². The molecule has 1 aromatic carbocycles. The summed E-state index contributed by atoms with van der Waals surface area (Å²) in [6.07, 6.45) is 4.52. The fourth-order valence-corrected chi connectivity index (χ4v) is 4.25. The van der Waals surface area contributed by atoms with Crippen LogP contribution in [-0.2, 0) is 0 Å². The van der Waals surface area contributed by atoms with Crippen LogP contribution in [-0.4, -0.2) is 11.7 Å². The lowest BCUT2D eigenvalue weighted by Gasteiger charge is -2.43. The van der Waals surface area contributed by atoms with E-state index in [1.807, 2.05) is 18.2 Å². The monoisotopic (exact) mass is 244 g/mol. The summed E-state index contributed by atoms with van der Waals surface area (Å²) in [5.41, 5.74) is 1.10. The third kappa shape index (κ3) is 1.51. The Morgan fingerprint density at radius 3 is 2.76 bits per heavy atom. The number of thioether (sulfide) groups is 1. The molecule has 2 aliphatic rings. The molecule has 1 saturated carbocycles. The predicted molar refractivity (Wildman–Crippen MR) is 71.8 cm³/mol. The lowest BCUT2D eigenvalue weighted by atomic mass is 9.68. The van der Waals surface area contributed by atoms with Gasteiger partial charge in [-0.15, -0.1) is 0 Å². The molecule has 0 radical (unpaired) electrons. The Labute approximate surface area is 106 Å². The van der Waals surface area contributed by atoms with E-state index in [0.29, 0.717) is 5.92 Å². The smallest absolute Gasteiger partial charge is 0.0576 e. The van der Waals surface area contributed by atoms with Crippen LogP contribution in [0.2, 0.25) is 0 Å². The van der Waals surface area contributed by atoms with E-state index in [9.17, 15) is 5.11 Å². The van der Waals surface area contributed by atoms with Gasteiger partial charge in [0.05, 0.1) is 12.0 Å². The Morgan fingerprint density at radius 2 is 2.12 bits per heavy atom. The summed E-state index contributed by atoms with van der Waals surface area (Å²) in [6.45, 7) is 4.37. The van der Waals surface area contributed by atoms with Gasteiger partial charge in [0.1, 0.15) is 0 Å². The maximum atomic E-state index is 9.75. The van der Waals surface area contributed by atoms with Crippen molar-refractivity contribution in [3.05, 3.63) is 53.5 Å². The van der Waals surface area contributed by atoms with Gasteiger partial charge < -0.3 is 5.11 Å². The first kappa shape index (κ1) is 11.1. The zero-order valence-electron chi connectivity index (χ0n) is 9.73. The minimum absolute atomic E-state index is 0.111. The highest BCUT2D eigenvalue weighted by Crippen LogP contribution is 2.63. The zero-order chi connectivity index (χ0) is 11.9. The number of benzene rings is 1. The minimum Gasteiger partial charge on any atom is -0.395 e. The van der Waals surface area contributed by atoms with Crippen molar-refractivity contribution in [2.24, 2.45) is 11.3 Å². The molecule has 0 heterocycles. The minimum atomic E-state index is -0.111. The Bertz CT molecular complexity index is 477. The lowest BCUT2D eigenvalue weighted by molar-refractivity contribution is 0.154. The van der Waals surface area contributed by atoms with E-state index in [-0.39, 0.29) is 12.0 Å². The maximum Gasteiger partial charge on any atom is 0.0576 e. The Hall–Kier alpha value is -0.990. The highest BCUT2D eigenvalue weighted by Gasteiger charge is 2.53. The molecule has 0 unspecified atom stereocenters. The van der Waals surface area contributed by atoms with E-state index < -0.39 is 0 Å². The van der Waals surface area contributed by atoms with Crippen molar-refractivity contribution in [1.29, 1.82) is 0 Å². The summed E-state index contributed by atoms with van der Waals surface area (Å²) in [7, 11) is 0. The Kier molecular flexibility index (Phi) is 2.64. The van der Waals surface area contributed by atoms with Crippen molar-refractivity contribution in [2.45, 2.75) is 17.7 Å². The number of allylic oxidation sites excluding steroid dienone is 1. The van der Waals surface area contributed by atoms with Crippen LogP contribution in [0.3, 0.4) is 0 Å². The highest BCUT2D eigenvalue weighted by atomic mass is 32.2. The molecule has 3 rings (SSSR count). The molecule has 0 aliphatic heterocycles. The maximum absolute atomic E-state index is 9.75. The average molecular weight is 244 g/mol. The number of aliphatic hydroxyl groups excluding tert-OH is 1. The van der Waals surface area contributed by atoms with Crippen molar-refractivity contribution in [3.8, 4) is 0 Å². The second-order valence-electron chi connectivity index (χ2n) is 4.82. The van der Waals surface area contributed by atoms with E-state index in [2.05, 4.69) is 24.8 Å². The van der Waals surface area contributed by atoms with Crippen LogP contribution in [0.1, 0.15) is 12.8 Å². The van der Waals surface area contributed by atoms with E-state index in [0.717, 1.165) is 12.8 Å². The van der Waals surface area contributed by atoms with Crippen LogP contribution < -0.4 is 0 Å². The van der Waals surface area contributed by atoms with Gasteiger partial charge in [0.25, 0.3) is 0 Å². The molecule has 1 N–H and O–H groups in total. The van der Waals surface area contributed by atoms with Crippen molar-refractivity contribution in [1.82, 2.24) is 0 Å². The highest BCUT2D eigenvalue weighted by molar-refractivity contribution is 8.03. The summed E-state index contributed by atoms with van der Waals surface area (Å²) in [6, 6.07) is 10.4. The molecule has 0 bridgehead atoms. The third-order valence-electron chi connectivity index (χ3n) is 4.03. The Balaban J connectivity index is 1.87. The van der Waals surface area contributed by atoms with Gasteiger partial charge in [0, 0.05) is 4.90 Å². The van der Waals surface area contributed by atoms with E-state index >= 15 is 0 Å². The van der Waals surface area contributed by atoms with Crippen LogP contribution in [0.25, 0.3) is 0 Å². The second-order valence-corrected chi connectivity index (χ2v) is 5.94. The van der Waals surface area contributed by atoms with Crippen LogP contribution in [0, 0.1) is 11.3 Å². The van der Waals surface area contributed by atoms with Gasteiger partial charge in [-0.05, 0) is 35.8 Å². The normalized spacial score (nSPS) is 30.8. The average Bonchev–Trinajstić information content (AvgIpc) is 2.59. The molecule has 0 spiro atoms. The molecule has 1 fully saturated rings. The first-order valence-electron chi connectivity index (χ1n) is 6.01. The number of hydrogen-bond acceptors (Lipinski definition) is 2. The molecule has 2 aliphatic carbocycles. The zero-order valence-corrected chi connectivity index (χ0v) is 10.5. The molecule has 0 amide bonds. The number of hydrogen-bond donors (Lipinski definition) is 1. The molecule has 2 atom stereocenters. The van der Waals surface area contributed by atoms with Crippen molar-refractivity contribution < 1.29 is 5.11 Å². The largest absolute Gasteiger partial charge is 0.395 e. The van der Waals surface area contributed by atoms with E-state index in [1.165, 1.54) is 15.4 Å². The first-order valence-corrected chi connectivity index (χ1v) is 6.83. The fraction of sp³-hybridized carbons (Fsp3) is 0.333. The van der Waals surface area contributed by atoms with Crippen LogP contribution >= 0.6 is 11.8 Å². The van der Waals surface area contributed by atoms with Crippen LogP contribution in [0.15, 0.2) is 58.4 Å². The third-order valence-corrected chi connectivity index (χ3v) is 5.26. The molecule has 0 aromatic heterocycles. The summed E-state index contributed by atoms with van der Waals surface area (Å²) >= 11 is 1.77. The molecule has 1 aromatic rings. The fourth-order valence-electron chi connectivity index (χ4n) is 2.93. The predicted octanol–water partition coefficient (Wildman–Crippen LogP) is 3.62. The molecule has 1 nitrogen and oxygen atoms in total. The van der Waals surface area contributed by atoms with Crippen molar-refractivity contribution in [3.63, 3.8) is 0 Å². The topological polar surface area (TPSA) is 20.2 Å². The molecule has 17 heavy (non-hydrogen) atoms. The number of fused-ring (bicyclic) bond motifs is 1. The van der Waals surface area contributed by atoms with Crippen LogP contribution in [0.5, 0.6) is 0 Å². The summed E-state index contributed by atoms with van der Waals surface area (Å²) < 4.78 is 0. The number of aliphatic hydroxyl groups is 1. The molecule has 0 saturated heterocycles. The van der Waals surface area contributed by atoms with Gasteiger partial charge in [-0.3, -0.25) is 0 Å². The standard InChI is InChI=1S/C15H16OS/c1-11-7-8-12-9-14(15(11,12)10-16)17-13-5-3-2-4-6-13/h2-6,9,12,16H,1,7-8,10H2/t12-,15-/m0/s1. The number of rotatable bonds is 3. The summed E-state index contributed by atoms with van der Waals surface area (Å²) in [5, 5.41) is 9.75. The first-order chi connectivity index (χ1) is 8.27. The molecule has 88 valence electrons. The molecular formula is C15H16OS. The van der Waals surface area contributed by atoms with Gasteiger partial charge in [-0.2, -0.15) is 0 Å². The van der Waals surface area contributed by atoms with Gasteiger partial charge in [0.2, 0.25) is 0 Å².